The fourth-order valence-corrected chi connectivity index (χ4v) is 2.52. The summed E-state index contributed by atoms with van der Waals surface area (Å²) in [7, 11) is 0. The normalized spacial score (nSPS) is 21.8. The van der Waals surface area contributed by atoms with Crippen molar-refractivity contribution in [3.63, 3.8) is 0 Å². The number of piperidine rings is 1. The molecule has 1 saturated heterocycles. The van der Waals surface area contributed by atoms with Crippen LogP contribution in [0.25, 0.3) is 0 Å². The topological polar surface area (TPSA) is 3.24 Å². The van der Waals surface area contributed by atoms with Gasteiger partial charge in [-0.2, -0.15) is 0 Å². The van der Waals surface area contributed by atoms with Crippen LogP contribution in [0.5, 0.6) is 0 Å². The molecule has 0 N–H and O–H groups in total. The average molecular weight is 211 g/mol. The van der Waals surface area contributed by atoms with Crippen molar-refractivity contribution in [1.29, 1.82) is 0 Å². The molecule has 0 amide bonds. The maximum atomic E-state index is 2.70. The average Bonchev–Trinajstić information content (AvgIpc) is 2.25. The smallest absolute Gasteiger partial charge is 0.00669 e. The maximum absolute atomic E-state index is 2.70. The van der Waals surface area contributed by atoms with Gasteiger partial charge in [0.1, 0.15) is 0 Å². The van der Waals surface area contributed by atoms with Crippen LogP contribution in [0.15, 0.2) is 0 Å². The van der Waals surface area contributed by atoms with Crippen molar-refractivity contribution in [3.05, 3.63) is 0 Å². The van der Waals surface area contributed by atoms with E-state index in [1.165, 1.54) is 58.0 Å². The molecule has 0 saturated carbocycles. The third-order valence-electron chi connectivity index (χ3n) is 3.92. The molecule has 0 aromatic rings. The van der Waals surface area contributed by atoms with Crippen LogP contribution in [0.1, 0.15) is 65.7 Å². The SMILES string of the molecule is CCCCCCC(C)N1CCC(C)CC1. The van der Waals surface area contributed by atoms with E-state index in [9.17, 15) is 0 Å². The van der Waals surface area contributed by atoms with Gasteiger partial charge >= 0.3 is 0 Å². The summed E-state index contributed by atoms with van der Waals surface area (Å²) in [6, 6.07) is 0.828. The second-order valence-electron chi connectivity index (χ2n) is 5.42. The molecular formula is C14H29N. The van der Waals surface area contributed by atoms with Crippen molar-refractivity contribution in [3.8, 4) is 0 Å². The molecule has 0 aromatic carbocycles. The molecule has 0 radical (unpaired) electrons. The van der Waals surface area contributed by atoms with E-state index in [1.54, 1.807) is 0 Å². The van der Waals surface area contributed by atoms with Crippen molar-refractivity contribution < 1.29 is 0 Å². The molecule has 1 rings (SSSR count). The van der Waals surface area contributed by atoms with Crippen LogP contribution < -0.4 is 0 Å². The molecule has 15 heavy (non-hydrogen) atoms. The summed E-state index contributed by atoms with van der Waals surface area (Å²) in [6.07, 6.45) is 9.89. The monoisotopic (exact) mass is 211 g/mol. The molecule has 1 fully saturated rings. The van der Waals surface area contributed by atoms with E-state index < -0.39 is 0 Å². The molecule has 1 aliphatic rings. The number of hydrogen-bond donors (Lipinski definition) is 0. The van der Waals surface area contributed by atoms with Crippen molar-refractivity contribution in [2.24, 2.45) is 5.92 Å². The van der Waals surface area contributed by atoms with Crippen LogP contribution in [0.4, 0.5) is 0 Å². The standard InChI is InChI=1S/C14H29N/c1-4-5-6-7-8-14(3)15-11-9-13(2)10-12-15/h13-14H,4-12H2,1-3H3. The van der Waals surface area contributed by atoms with Crippen molar-refractivity contribution in [1.82, 2.24) is 4.90 Å². The Morgan fingerprint density at radius 1 is 1.13 bits per heavy atom. The van der Waals surface area contributed by atoms with E-state index in [0.29, 0.717) is 0 Å². The first-order chi connectivity index (χ1) is 7.24. The zero-order valence-corrected chi connectivity index (χ0v) is 11.0. The van der Waals surface area contributed by atoms with Crippen LogP contribution in [-0.4, -0.2) is 24.0 Å². The summed E-state index contributed by atoms with van der Waals surface area (Å²) in [5, 5.41) is 0. The van der Waals surface area contributed by atoms with E-state index in [4.69, 9.17) is 0 Å². The van der Waals surface area contributed by atoms with Gasteiger partial charge in [-0.25, -0.2) is 0 Å². The van der Waals surface area contributed by atoms with Crippen molar-refractivity contribution in [2.75, 3.05) is 13.1 Å². The highest BCUT2D eigenvalue weighted by molar-refractivity contribution is 4.74. The number of nitrogens with zero attached hydrogens (tertiary/aromatic N) is 1. The molecule has 1 heteroatoms. The van der Waals surface area contributed by atoms with Crippen LogP contribution in [0.3, 0.4) is 0 Å². The molecule has 1 heterocycles. The number of rotatable bonds is 6. The first-order valence-electron chi connectivity index (χ1n) is 6.98. The molecule has 1 unspecified atom stereocenters. The lowest BCUT2D eigenvalue weighted by molar-refractivity contribution is 0.139. The van der Waals surface area contributed by atoms with Gasteiger partial charge < -0.3 is 4.90 Å². The number of unbranched alkanes of at least 4 members (excludes halogenated alkanes) is 3. The Morgan fingerprint density at radius 3 is 2.40 bits per heavy atom. The molecule has 90 valence electrons. The van der Waals surface area contributed by atoms with Crippen LogP contribution in [0, 0.1) is 5.92 Å². The molecule has 0 aliphatic carbocycles. The Morgan fingerprint density at radius 2 is 1.80 bits per heavy atom. The summed E-state index contributed by atoms with van der Waals surface area (Å²) >= 11 is 0. The van der Waals surface area contributed by atoms with Gasteiger partial charge in [0, 0.05) is 6.04 Å². The molecule has 0 bridgehead atoms. The van der Waals surface area contributed by atoms with Gasteiger partial charge in [-0.3, -0.25) is 0 Å². The summed E-state index contributed by atoms with van der Waals surface area (Å²) in [5.41, 5.74) is 0. The highest BCUT2D eigenvalue weighted by Gasteiger charge is 2.19. The molecule has 1 nitrogen and oxygen atoms in total. The summed E-state index contributed by atoms with van der Waals surface area (Å²) in [5.74, 6) is 0.966. The van der Waals surface area contributed by atoms with Crippen LogP contribution in [0.2, 0.25) is 0 Å². The van der Waals surface area contributed by atoms with E-state index in [1.807, 2.05) is 0 Å². The summed E-state index contributed by atoms with van der Waals surface area (Å²) in [4.78, 5) is 2.70. The van der Waals surface area contributed by atoms with Gasteiger partial charge in [-0.15, -0.1) is 0 Å². The minimum Gasteiger partial charge on any atom is -0.301 e. The Balaban J connectivity index is 2.08. The molecule has 0 aromatic heterocycles. The molecule has 1 aliphatic heterocycles. The summed E-state index contributed by atoms with van der Waals surface area (Å²) < 4.78 is 0. The largest absolute Gasteiger partial charge is 0.301 e. The van der Waals surface area contributed by atoms with Gasteiger partial charge in [0.25, 0.3) is 0 Å². The predicted octanol–water partition coefficient (Wildman–Crippen LogP) is 4.08. The third kappa shape index (κ3) is 5.01. The predicted molar refractivity (Wildman–Crippen MR) is 68.2 cm³/mol. The summed E-state index contributed by atoms with van der Waals surface area (Å²) in [6.45, 7) is 9.78. The fourth-order valence-electron chi connectivity index (χ4n) is 2.52. The van der Waals surface area contributed by atoms with Crippen molar-refractivity contribution in [2.45, 2.75) is 71.8 Å². The van der Waals surface area contributed by atoms with Gasteiger partial charge in [0.15, 0.2) is 0 Å². The third-order valence-corrected chi connectivity index (χ3v) is 3.92. The Hall–Kier alpha value is -0.0400. The second-order valence-corrected chi connectivity index (χ2v) is 5.42. The van der Waals surface area contributed by atoms with Gasteiger partial charge in [-0.05, 0) is 45.2 Å². The quantitative estimate of drug-likeness (QED) is 0.598. The van der Waals surface area contributed by atoms with Crippen LogP contribution >= 0.6 is 0 Å². The Labute approximate surface area is 96.2 Å². The molecule has 0 spiro atoms. The minimum atomic E-state index is 0.828. The van der Waals surface area contributed by atoms with E-state index >= 15 is 0 Å². The lowest BCUT2D eigenvalue weighted by atomic mass is 9.97. The lowest BCUT2D eigenvalue weighted by Crippen LogP contribution is -2.39. The fraction of sp³-hybridized carbons (Fsp3) is 1.00. The maximum Gasteiger partial charge on any atom is 0.00669 e. The van der Waals surface area contributed by atoms with E-state index in [0.717, 1.165) is 12.0 Å². The zero-order valence-electron chi connectivity index (χ0n) is 11.0. The minimum absolute atomic E-state index is 0.828. The lowest BCUT2D eigenvalue weighted by Gasteiger charge is -2.35. The van der Waals surface area contributed by atoms with Crippen LogP contribution in [-0.2, 0) is 0 Å². The first-order valence-corrected chi connectivity index (χ1v) is 6.98. The first kappa shape index (κ1) is 13.0. The Kier molecular flexibility index (Phi) is 6.31. The Bertz CT molecular complexity index is 147. The number of hydrogen-bond acceptors (Lipinski definition) is 1. The molecular weight excluding hydrogens is 182 g/mol. The zero-order chi connectivity index (χ0) is 11.1. The van der Waals surface area contributed by atoms with E-state index in [2.05, 4.69) is 25.7 Å². The van der Waals surface area contributed by atoms with E-state index in [-0.39, 0.29) is 0 Å². The van der Waals surface area contributed by atoms with Gasteiger partial charge in [0.05, 0.1) is 0 Å². The van der Waals surface area contributed by atoms with Gasteiger partial charge in [-0.1, -0.05) is 39.5 Å². The van der Waals surface area contributed by atoms with Crippen molar-refractivity contribution >= 4 is 0 Å². The molecule has 1 atom stereocenters. The second kappa shape index (κ2) is 7.27. The highest BCUT2D eigenvalue weighted by Crippen LogP contribution is 2.20. The number of likely N-dealkylation sites (tertiary alicyclic amines) is 1. The highest BCUT2D eigenvalue weighted by atomic mass is 15.2. The van der Waals surface area contributed by atoms with Gasteiger partial charge in [0.2, 0.25) is 0 Å².